The van der Waals surface area contributed by atoms with Crippen molar-refractivity contribution in [2.24, 2.45) is 0 Å². The summed E-state index contributed by atoms with van der Waals surface area (Å²) in [6.45, 7) is 4.66. The second-order valence-corrected chi connectivity index (χ2v) is 15.6. The van der Waals surface area contributed by atoms with Gasteiger partial charge in [0, 0.05) is 43.0 Å². The van der Waals surface area contributed by atoms with Crippen molar-refractivity contribution in [2.75, 3.05) is 0 Å². The van der Waals surface area contributed by atoms with Gasteiger partial charge in [0.15, 0.2) is 5.82 Å². The Morgan fingerprint density at radius 2 is 1.17 bits per heavy atom. The molecule has 3 heterocycles. The summed E-state index contributed by atoms with van der Waals surface area (Å²) in [6.07, 6.45) is 0. The molecule has 0 unspecified atom stereocenters. The van der Waals surface area contributed by atoms with Gasteiger partial charge in [0.05, 0.1) is 15.9 Å². The molecular formula is C49H32N2OS. The van der Waals surface area contributed by atoms with Crippen molar-refractivity contribution in [3.63, 3.8) is 0 Å². The maximum absolute atomic E-state index is 6.72. The lowest BCUT2D eigenvalue weighted by Gasteiger charge is -2.22. The summed E-state index contributed by atoms with van der Waals surface area (Å²) in [4.78, 5) is 10.8. The van der Waals surface area contributed by atoms with Crippen LogP contribution in [0.15, 0.2) is 162 Å². The quantitative estimate of drug-likeness (QED) is 0.184. The zero-order valence-electron chi connectivity index (χ0n) is 29.2. The Hall–Kier alpha value is -6.36. The molecule has 0 saturated carbocycles. The summed E-state index contributed by atoms with van der Waals surface area (Å²) in [5.74, 6) is 0.699. The van der Waals surface area contributed by atoms with E-state index in [2.05, 4.69) is 166 Å². The summed E-state index contributed by atoms with van der Waals surface area (Å²) < 4.78 is 9.04. The summed E-state index contributed by atoms with van der Waals surface area (Å²) in [5, 5.41) is 3.23. The largest absolute Gasteiger partial charge is 0.455 e. The molecule has 0 amide bonds. The highest BCUT2D eigenvalue weighted by atomic mass is 32.1. The van der Waals surface area contributed by atoms with E-state index in [0.29, 0.717) is 5.82 Å². The normalized spacial score (nSPS) is 13.2. The van der Waals surface area contributed by atoms with Crippen LogP contribution in [-0.4, -0.2) is 9.97 Å². The Morgan fingerprint density at radius 1 is 0.509 bits per heavy atom. The topological polar surface area (TPSA) is 38.9 Å². The Bertz CT molecular complexity index is 3080. The van der Waals surface area contributed by atoms with E-state index in [-0.39, 0.29) is 5.41 Å². The number of benzene rings is 7. The van der Waals surface area contributed by atoms with E-state index in [1.54, 1.807) is 11.3 Å². The minimum atomic E-state index is -0.113. The Morgan fingerprint density at radius 3 is 2.06 bits per heavy atom. The fraction of sp³-hybridized carbons (Fsp3) is 0.0612. The van der Waals surface area contributed by atoms with E-state index in [1.165, 1.54) is 38.1 Å². The molecule has 0 spiro atoms. The fourth-order valence-electron chi connectivity index (χ4n) is 8.49. The molecule has 0 atom stereocenters. The minimum absolute atomic E-state index is 0.113. The summed E-state index contributed by atoms with van der Waals surface area (Å²) in [6, 6.07) is 56.2. The maximum atomic E-state index is 6.72. The van der Waals surface area contributed by atoms with Crippen molar-refractivity contribution in [3.05, 3.63) is 169 Å². The number of nitrogens with zero attached hydrogens (tertiary/aromatic N) is 2. The summed E-state index contributed by atoms with van der Waals surface area (Å²) >= 11 is 1.77. The van der Waals surface area contributed by atoms with E-state index in [4.69, 9.17) is 14.4 Å². The van der Waals surface area contributed by atoms with Crippen LogP contribution in [0.4, 0.5) is 0 Å². The molecule has 0 bridgehead atoms. The minimum Gasteiger partial charge on any atom is -0.455 e. The van der Waals surface area contributed by atoms with Crippen molar-refractivity contribution >= 4 is 53.6 Å². The number of hydrogen-bond acceptors (Lipinski definition) is 4. The Kier molecular flexibility index (Phi) is 6.47. The van der Waals surface area contributed by atoms with Gasteiger partial charge in [-0.25, -0.2) is 9.97 Å². The number of hydrogen-bond donors (Lipinski definition) is 0. The molecule has 1 aliphatic carbocycles. The Balaban J connectivity index is 1.11. The average Bonchev–Trinajstić information content (AvgIpc) is 3.86. The molecular weight excluding hydrogens is 665 g/mol. The van der Waals surface area contributed by atoms with Crippen molar-refractivity contribution < 1.29 is 4.42 Å². The predicted octanol–water partition coefficient (Wildman–Crippen LogP) is 13.7. The van der Waals surface area contributed by atoms with Gasteiger partial charge in [-0.2, -0.15) is 0 Å². The van der Waals surface area contributed by atoms with Crippen LogP contribution in [0.2, 0.25) is 0 Å². The number of furan rings is 1. The highest BCUT2D eigenvalue weighted by molar-refractivity contribution is 7.26. The van der Waals surface area contributed by atoms with Gasteiger partial charge in [-0.05, 0) is 57.1 Å². The van der Waals surface area contributed by atoms with Crippen molar-refractivity contribution in [2.45, 2.75) is 19.3 Å². The molecule has 3 nitrogen and oxygen atoms in total. The molecule has 0 aliphatic heterocycles. The lowest BCUT2D eigenvalue weighted by Crippen LogP contribution is -2.14. The molecule has 0 saturated heterocycles. The first-order valence-electron chi connectivity index (χ1n) is 18.1. The van der Waals surface area contributed by atoms with Crippen LogP contribution < -0.4 is 0 Å². The number of fused-ring (bicyclic) bond motifs is 9. The molecule has 0 N–H and O–H groups in total. The highest BCUT2D eigenvalue weighted by Crippen LogP contribution is 2.50. The predicted molar refractivity (Wildman–Crippen MR) is 222 cm³/mol. The zero-order valence-corrected chi connectivity index (χ0v) is 30.0. The van der Waals surface area contributed by atoms with Crippen LogP contribution >= 0.6 is 11.3 Å². The number of thiophene rings is 1. The summed E-state index contributed by atoms with van der Waals surface area (Å²) in [7, 11) is 0. The third-order valence-electron chi connectivity index (χ3n) is 11.1. The van der Waals surface area contributed by atoms with Gasteiger partial charge in [-0.1, -0.05) is 153 Å². The van der Waals surface area contributed by atoms with Crippen LogP contribution in [0.1, 0.15) is 25.0 Å². The second kappa shape index (κ2) is 11.3. The van der Waals surface area contributed by atoms with E-state index >= 15 is 0 Å². The first-order valence-corrected chi connectivity index (χ1v) is 18.9. The molecule has 250 valence electrons. The third-order valence-corrected chi connectivity index (χ3v) is 12.3. The van der Waals surface area contributed by atoms with Crippen LogP contribution in [0.3, 0.4) is 0 Å². The monoisotopic (exact) mass is 696 g/mol. The van der Waals surface area contributed by atoms with Gasteiger partial charge >= 0.3 is 0 Å². The standard InChI is InChI=1S/C49H32N2OS/c1-49(2)39-19-8-6-14-34(39)35-27-26-32(28-40(35)49)44-47-45(36-15-7-9-21-42(36)53-47)51-48(50-44)38-18-11-20-41-43(38)37-17-10-16-33(46(37)52-41)31-24-22-30(23-25-31)29-12-4-3-5-13-29/h3-28H,1-2H3. The number of aromatic nitrogens is 2. The van der Waals surface area contributed by atoms with E-state index in [1.807, 2.05) is 6.07 Å². The molecule has 0 fully saturated rings. The van der Waals surface area contributed by atoms with Crippen LogP contribution in [-0.2, 0) is 5.41 Å². The molecule has 1 aliphatic rings. The van der Waals surface area contributed by atoms with Crippen LogP contribution in [0.25, 0.3) is 98.3 Å². The summed E-state index contributed by atoms with van der Waals surface area (Å²) in [5.41, 5.74) is 15.5. The first kappa shape index (κ1) is 30.3. The first-order chi connectivity index (χ1) is 26.0. The van der Waals surface area contributed by atoms with Gasteiger partial charge in [-0.3, -0.25) is 0 Å². The van der Waals surface area contributed by atoms with E-state index in [9.17, 15) is 0 Å². The fourth-order valence-corrected chi connectivity index (χ4v) is 9.65. The van der Waals surface area contributed by atoms with Crippen LogP contribution in [0.5, 0.6) is 0 Å². The molecule has 10 aromatic rings. The van der Waals surface area contributed by atoms with Crippen LogP contribution in [0, 0.1) is 0 Å². The number of rotatable bonds is 4. The second-order valence-electron chi connectivity index (χ2n) is 14.5. The third kappa shape index (κ3) is 4.52. The molecule has 0 radical (unpaired) electrons. The molecule has 3 aromatic heterocycles. The van der Waals surface area contributed by atoms with E-state index in [0.717, 1.165) is 65.5 Å². The lowest BCUT2D eigenvalue weighted by atomic mass is 9.82. The van der Waals surface area contributed by atoms with Gasteiger partial charge < -0.3 is 4.42 Å². The lowest BCUT2D eigenvalue weighted by molar-refractivity contribution is 0.660. The Labute approximate surface area is 310 Å². The molecule has 53 heavy (non-hydrogen) atoms. The smallest absolute Gasteiger partial charge is 0.161 e. The van der Waals surface area contributed by atoms with Crippen molar-refractivity contribution in [1.82, 2.24) is 9.97 Å². The van der Waals surface area contributed by atoms with Crippen molar-refractivity contribution in [1.29, 1.82) is 0 Å². The molecule has 4 heteroatoms. The number of para-hydroxylation sites is 1. The maximum Gasteiger partial charge on any atom is 0.161 e. The molecule has 7 aromatic carbocycles. The van der Waals surface area contributed by atoms with Gasteiger partial charge in [0.25, 0.3) is 0 Å². The SMILES string of the molecule is CC1(C)c2ccccc2-c2ccc(-c3nc(-c4cccc5oc6c(-c7ccc(-c8ccccc8)cc7)cccc6c45)nc4c3sc3ccccc34)cc21. The van der Waals surface area contributed by atoms with Crippen molar-refractivity contribution in [3.8, 4) is 56.0 Å². The zero-order chi connectivity index (χ0) is 35.3. The average molecular weight is 697 g/mol. The highest BCUT2D eigenvalue weighted by Gasteiger charge is 2.35. The van der Waals surface area contributed by atoms with E-state index < -0.39 is 0 Å². The van der Waals surface area contributed by atoms with Gasteiger partial charge in [0.2, 0.25) is 0 Å². The van der Waals surface area contributed by atoms with Gasteiger partial charge in [-0.15, -0.1) is 11.3 Å². The molecule has 11 rings (SSSR count). The van der Waals surface area contributed by atoms with Gasteiger partial charge in [0.1, 0.15) is 11.2 Å².